The standard InChI is InChI=1S/C29H29FO6S/c1-28(2)35-26-23(25(30)24(27(26)36-28)19-37(31,32)33)18-34-29(20-12-6-3-7-13-20,21-14-8-4-9-15-21)22-16-10-5-11-17-22/h3-17,24,26-27H,18-19H2,1-2H3,(H,31,32,33)/t24-,26+,27+/m0/s1. The Morgan fingerprint density at radius 3 is 1.76 bits per heavy atom. The first-order valence-corrected chi connectivity index (χ1v) is 13.7. The summed E-state index contributed by atoms with van der Waals surface area (Å²) in [6.07, 6.45) is -1.74. The highest BCUT2D eigenvalue weighted by Gasteiger charge is 2.55. The molecule has 3 aromatic rings. The Kier molecular flexibility index (Phi) is 6.81. The Labute approximate surface area is 216 Å². The summed E-state index contributed by atoms with van der Waals surface area (Å²) in [6.45, 7) is 3.19. The fourth-order valence-electron chi connectivity index (χ4n) is 5.37. The van der Waals surface area contributed by atoms with Gasteiger partial charge in [0, 0.05) is 5.57 Å². The first-order valence-electron chi connectivity index (χ1n) is 12.1. The second-order valence-electron chi connectivity index (χ2n) is 9.82. The highest BCUT2D eigenvalue weighted by atomic mass is 32.2. The highest BCUT2D eigenvalue weighted by molar-refractivity contribution is 7.85. The van der Waals surface area contributed by atoms with Crippen LogP contribution in [0.25, 0.3) is 0 Å². The Morgan fingerprint density at radius 1 is 0.865 bits per heavy atom. The molecule has 1 aliphatic heterocycles. The van der Waals surface area contributed by atoms with Gasteiger partial charge >= 0.3 is 0 Å². The van der Waals surface area contributed by atoms with Gasteiger partial charge in [0.05, 0.1) is 18.3 Å². The van der Waals surface area contributed by atoms with Crippen molar-refractivity contribution in [2.75, 3.05) is 12.4 Å². The molecule has 1 N–H and O–H groups in total. The molecular formula is C29H29FO6S. The summed E-state index contributed by atoms with van der Waals surface area (Å²) in [7, 11) is -4.46. The maximum atomic E-state index is 15.8. The smallest absolute Gasteiger partial charge is 0.265 e. The molecule has 0 aromatic heterocycles. The zero-order valence-electron chi connectivity index (χ0n) is 20.6. The Balaban J connectivity index is 1.61. The molecule has 3 aromatic carbocycles. The number of hydrogen-bond acceptors (Lipinski definition) is 5. The third-order valence-electron chi connectivity index (χ3n) is 6.88. The van der Waals surface area contributed by atoms with Crippen molar-refractivity contribution in [2.24, 2.45) is 5.92 Å². The lowest BCUT2D eigenvalue weighted by atomic mass is 9.80. The normalized spacial score (nSPS) is 23.3. The van der Waals surface area contributed by atoms with Gasteiger partial charge in [0.1, 0.15) is 23.6 Å². The summed E-state index contributed by atoms with van der Waals surface area (Å²) < 4.78 is 67.3. The highest BCUT2D eigenvalue weighted by Crippen LogP contribution is 2.48. The van der Waals surface area contributed by atoms with Crippen LogP contribution in [0.5, 0.6) is 0 Å². The molecule has 0 saturated carbocycles. The van der Waals surface area contributed by atoms with Gasteiger partial charge in [-0.25, -0.2) is 4.39 Å². The van der Waals surface area contributed by atoms with Gasteiger partial charge in [-0.15, -0.1) is 0 Å². The zero-order valence-corrected chi connectivity index (χ0v) is 21.4. The number of fused-ring (bicyclic) bond motifs is 1. The molecule has 2 aliphatic rings. The first-order chi connectivity index (χ1) is 17.6. The molecule has 0 amide bonds. The van der Waals surface area contributed by atoms with E-state index in [4.69, 9.17) is 14.2 Å². The van der Waals surface area contributed by atoms with Crippen molar-refractivity contribution in [2.45, 2.75) is 37.4 Å². The average molecular weight is 525 g/mol. The molecule has 37 heavy (non-hydrogen) atoms. The quantitative estimate of drug-likeness (QED) is 0.320. The Hall–Kier alpha value is -2.88. The lowest BCUT2D eigenvalue weighted by molar-refractivity contribution is -0.150. The van der Waals surface area contributed by atoms with Gasteiger partial charge < -0.3 is 14.2 Å². The summed E-state index contributed by atoms with van der Waals surface area (Å²) >= 11 is 0. The van der Waals surface area contributed by atoms with E-state index in [-0.39, 0.29) is 12.2 Å². The second-order valence-corrected chi connectivity index (χ2v) is 11.3. The molecule has 3 atom stereocenters. The van der Waals surface area contributed by atoms with Crippen molar-refractivity contribution >= 4 is 10.1 Å². The van der Waals surface area contributed by atoms with Gasteiger partial charge in [-0.1, -0.05) is 91.0 Å². The van der Waals surface area contributed by atoms with E-state index in [1.807, 2.05) is 91.0 Å². The summed E-state index contributed by atoms with van der Waals surface area (Å²) in [5.41, 5.74) is 1.63. The number of rotatable bonds is 8. The van der Waals surface area contributed by atoms with Crippen LogP contribution >= 0.6 is 0 Å². The van der Waals surface area contributed by atoms with Crippen molar-refractivity contribution in [3.8, 4) is 0 Å². The lowest BCUT2D eigenvalue weighted by Crippen LogP contribution is -2.35. The van der Waals surface area contributed by atoms with Crippen molar-refractivity contribution in [3.05, 3.63) is 119 Å². The molecular weight excluding hydrogens is 495 g/mol. The predicted molar refractivity (Wildman–Crippen MR) is 137 cm³/mol. The van der Waals surface area contributed by atoms with E-state index in [1.165, 1.54) is 0 Å². The third-order valence-corrected chi connectivity index (χ3v) is 7.66. The van der Waals surface area contributed by atoms with E-state index >= 15 is 4.39 Å². The van der Waals surface area contributed by atoms with Gasteiger partial charge in [0.25, 0.3) is 10.1 Å². The maximum Gasteiger partial charge on any atom is 0.265 e. The van der Waals surface area contributed by atoms with E-state index in [0.717, 1.165) is 16.7 Å². The molecule has 1 aliphatic carbocycles. The van der Waals surface area contributed by atoms with Crippen LogP contribution < -0.4 is 0 Å². The van der Waals surface area contributed by atoms with E-state index < -0.39 is 51.2 Å². The second kappa shape index (κ2) is 9.78. The summed E-state index contributed by atoms with van der Waals surface area (Å²) in [5, 5.41) is 0. The minimum absolute atomic E-state index is 0.177. The minimum atomic E-state index is -4.46. The van der Waals surface area contributed by atoms with Crippen molar-refractivity contribution in [3.63, 3.8) is 0 Å². The molecule has 5 rings (SSSR count). The van der Waals surface area contributed by atoms with Crippen LogP contribution in [0, 0.1) is 5.92 Å². The van der Waals surface area contributed by atoms with Crippen LogP contribution in [0.1, 0.15) is 30.5 Å². The Bertz CT molecular complexity index is 1280. The average Bonchev–Trinajstić information content (AvgIpc) is 3.31. The monoisotopic (exact) mass is 524 g/mol. The van der Waals surface area contributed by atoms with Crippen molar-refractivity contribution < 1.29 is 31.6 Å². The fourth-order valence-corrected chi connectivity index (χ4v) is 6.16. The third kappa shape index (κ3) is 5.00. The number of ether oxygens (including phenoxy) is 3. The molecule has 0 radical (unpaired) electrons. The molecule has 194 valence electrons. The summed E-state index contributed by atoms with van der Waals surface area (Å²) in [6, 6.07) is 29.0. The van der Waals surface area contributed by atoms with E-state index in [9.17, 15) is 13.0 Å². The maximum absolute atomic E-state index is 15.8. The van der Waals surface area contributed by atoms with Gasteiger partial charge in [0.2, 0.25) is 0 Å². The van der Waals surface area contributed by atoms with Crippen LogP contribution in [0.15, 0.2) is 102 Å². The van der Waals surface area contributed by atoms with Crippen LogP contribution in [-0.2, 0) is 29.9 Å². The molecule has 8 heteroatoms. The predicted octanol–water partition coefficient (Wildman–Crippen LogP) is 5.26. The van der Waals surface area contributed by atoms with Crippen LogP contribution in [-0.4, -0.2) is 43.3 Å². The fraction of sp³-hybridized carbons (Fsp3) is 0.310. The van der Waals surface area contributed by atoms with E-state index in [1.54, 1.807) is 13.8 Å². The minimum Gasteiger partial charge on any atom is -0.356 e. The van der Waals surface area contributed by atoms with E-state index in [2.05, 4.69) is 0 Å². The number of hydrogen-bond donors (Lipinski definition) is 1. The topological polar surface area (TPSA) is 82.1 Å². The molecule has 1 heterocycles. The van der Waals surface area contributed by atoms with Crippen molar-refractivity contribution in [1.82, 2.24) is 0 Å². The van der Waals surface area contributed by atoms with Crippen molar-refractivity contribution in [1.29, 1.82) is 0 Å². The van der Waals surface area contributed by atoms with Crippen LogP contribution in [0.2, 0.25) is 0 Å². The molecule has 0 spiro atoms. The number of benzene rings is 3. The van der Waals surface area contributed by atoms with Gasteiger partial charge in [-0.3, -0.25) is 4.55 Å². The molecule has 6 nitrogen and oxygen atoms in total. The van der Waals surface area contributed by atoms with Crippen LogP contribution in [0.4, 0.5) is 4.39 Å². The van der Waals surface area contributed by atoms with E-state index in [0.29, 0.717) is 0 Å². The van der Waals surface area contributed by atoms with Gasteiger partial charge in [-0.05, 0) is 30.5 Å². The molecule has 0 unspecified atom stereocenters. The largest absolute Gasteiger partial charge is 0.356 e. The molecule has 0 bridgehead atoms. The number of halogens is 1. The van der Waals surface area contributed by atoms with Gasteiger partial charge in [-0.2, -0.15) is 8.42 Å². The molecule has 1 saturated heterocycles. The zero-order chi connectivity index (χ0) is 26.3. The summed E-state index contributed by atoms with van der Waals surface area (Å²) in [4.78, 5) is 0. The first kappa shape index (κ1) is 25.8. The Morgan fingerprint density at radius 2 is 1.32 bits per heavy atom. The lowest BCUT2D eigenvalue weighted by Gasteiger charge is -2.36. The van der Waals surface area contributed by atoms with Crippen LogP contribution in [0.3, 0.4) is 0 Å². The van der Waals surface area contributed by atoms with Gasteiger partial charge in [0.15, 0.2) is 5.79 Å². The SMILES string of the molecule is CC1(C)O[C@H]2[C@H](O1)C(COC(c1ccccc1)(c1ccccc1)c1ccccc1)=C(F)[C@@H]2CS(=O)(=O)O. The summed E-state index contributed by atoms with van der Waals surface area (Å²) in [5.74, 6) is -3.73. The molecule has 1 fully saturated rings.